The number of hydrogen-bond donors (Lipinski definition) is 1. The van der Waals surface area contributed by atoms with Gasteiger partial charge in [-0.25, -0.2) is 8.42 Å². The van der Waals surface area contributed by atoms with Gasteiger partial charge in [0, 0.05) is 36.7 Å². The van der Waals surface area contributed by atoms with E-state index in [1.165, 1.54) is 10.4 Å². The summed E-state index contributed by atoms with van der Waals surface area (Å²) >= 11 is 0. The Hall–Kier alpha value is -2.58. The molecule has 0 aliphatic carbocycles. The summed E-state index contributed by atoms with van der Waals surface area (Å²) in [5.41, 5.74) is 0.715. The van der Waals surface area contributed by atoms with Crippen molar-refractivity contribution < 1.29 is 22.7 Å². The number of amides is 1. The average Bonchev–Trinajstić information content (AvgIpc) is 3.28. The van der Waals surface area contributed by atoms with E-state index < -0.39 is 15.6 Å². The van der Waals surface area contributed by atoms with Crippen LogP contribution in [0.4, 0.5) is 0 Å². The van der Waals surface area contributed by atoms with Crippen LogP contribution in [0.3, 0.4) is 0 Å². The Morgan fingerprint density at radius 1 is 1.16 bits per heavy atom. The highest BCUT2D eigenvalue weighted by Gasteiger charge is 2.35. The van der Waals surface area contributed by atoms with Crippen LogP contribution >= 0.6 is 0 Å². The zero-order valence-corrected chi connectivity index (χ0v) is 18.9. The van der Waals surface area contributed by atoms with E-state index in [1.54, 1.807) is 25.3 Å². The minimum atomic E-state index is -3.58. The number of nitrogens with zero attached hydrogens (tertiary/aromatic N) is 1. The van der Waals surface area contributed by atoms with Crippen LogP contribution in [-0.2, 0) is 10.0 Å². The molecule has 0 saturated carbocycles. The fourth-order valence-electron chi connectivity index (χ4n) is 4.20. The van der Waals surface area contributed by atoms with E-state index in [0.29, 0.717) is 36.6 Å². The second kappa shape index (κ2) is 8.16. The van der Waals surface area contributed by atoms with Gasteiger partial charge in [-0.1, -0.05) is 6.07 Å². The van der Waals surface area contributed by atoms with Crippen LogP contribution in [-0.4, -0.2) is 44.4 Å². The molecule has 2 aromatic rings. The SMILES string of the molecule is COc1ccc2c(c1)OC(C)(C)C[C@H]2NC(=O)c1cccc(S(=O)(=O)N2CCCC2)c1. The molecule has 1 amide bonds. The number of carbonyl (C=O) groups excluding carboxylic acids is 1. The lowest BCUT2D eigenvalue weighted by molar-refractivity contribution is 0.0617. The highest BCUT2D eigenvalue weighted by atomic mass is 32.2. The third kappa shape index (κ3) is 4.41. The topological polar surface area (TPSA) is 84.9 Å². The van der Waals surface area contributed by atoms with Gasteiger partial charge in [-0.2, -0.15) is 4.31 Å². The maximum absolute atomic E-state index is 13.1. The minimum Gasteiger partial charge on any atom is -0.497 e. The van der Waals surface area contributed by atoms with E-state index in [0.717, 1.165) is 18.4 Å². The molecule has 1 fully saturated rings. The molecule has 1 atom stereocenters. The van der Waals surface area contributed by atoms with Gasteiger partial charge in [0.15, 0.2) is 0 Å². The lowest BCUT2D eigenvalue weighted by atomic mass is 9.89. The third-order valence-electron chi connectivity index (χ3n) is 5.78. The lowest BCUT2D eigenvalue weighted by Gasteiger charge is -2.38. The number of methoxy groups -OCH3 is 1. The number of hydrogen-bond acceptors (Lipinski definition) is 5. The van der Waals surface area contributed by atoms with Gasteiger partial charge in [0.1, 0.15) is 17.1 Å². The molecule has 0 aromatic heterocycles. The van der Waals surface area contributed by atoms with Gasteiger partial charge in [0.25, 0.3) is 5.91 Å². The average molecular weight is 445 g/mol. The van der Waals surface area contributed by atoms with Crippen molar-refractivity contribution in [3.63, 3.8) is 0 Å². The third-order valence-corrected chi connectivity index (χ3v) is 7.68. The van der Waals surface area contributed by atoms with Crippen LogP contribution in [0.15, 0.2) is 47.4 Å². The fourth-order valence-corrected chi connectivity index (χ4v) is 5.77. The molecule has 0 spiro atoms. The molecule has 2 aromatic carbocycles. The van der Waals surface area contributed by atoms with E-state index in [-0.39, 0.29) is 16.8 Å². The van der Waals surface area contributed by atoms with E-state index in [2.05, 4.69) is 5.32 Å². The number of benzene rings is 2. The summed E-state index contributed by atoms with van der Waals surface area (Å²) in [4.78, 5) is 13.2. The van der Waals surface area contributed by atoms with Gasteiger partial charge in [0.05, 0.1) is 18.0 Å². The number of fused-ring (bicyclic) bond motifs is 1. The van der Waals surface area contributed by atoms with Crippen LogP contribution < -0.4 is 14.8 Å². The van der Waals surface area contributed by atoms with Crippen LogP contribution in [0.2, 0.25) is 0 Å². The Kier molecular flexibility index (Phi) is 5.70. The van der Waals surface area contributed by atoms with Crippen LogP contribution in [0, 0.1) is 0 Å². The van der Waals surface area contributed by atoms with Crippen molar-refractivity contribution in [3.8, 4) is 11.5 Å². The molecular formula is C23H28N2O5S. The minimum absolute atomic E-state index is 0.152. The highest BCUT2D eigenvalue weighted by Crippen LogP contribution is 2.41. The van der Waals surface area contributed by atoms with Crippen molar-refractivity contribution in [3.05, 3.63) is 53.6 Å². The lowest BCUT2D eigenvalue weighted by Crippen LogP contribution is -2.41. The van der Waals surface area contributed by atoms with Crippen molar-refractivity contribution >= 4 is 15.9 Å². The van der Waals surface area contributed by atoms with Crippen molar-refractivity contribution in [2.75, 3.05) is 20.2 Å². The largest absolute Gasteiger partial charge is 0.497 e. The predicted octanol–water partition coefficient (Wildman–Crippen LogP) is 3.51. The first-order valence-electron chi connectivity index (χ1n) is 10.5. The number of sulfonamides is 1. The molecule has 8 heteroatoms. The van der Waals surface area contributed by atoms with Crippen molar-refractivity contribution in [2.24, 2.45) is 0 Å². The smallest absolute Gasteiger partial charge is 0.251 e. The summed E-state index contributed by atoms with van der Waals surface area (Å²) in [6, 6.07) is 11.5. The summed E-state index contributed by atoms with van der Waals surface area (Å²) in [6.07, 6.45) is 2.32. The molecule has 166 valence electrons. The summed E-state index contributed by atoms with van der Waals surface area (Å²) in [5.74, 6) is 1.04. The monoisotopic (exact) mass is 444 g/mol. The fraction of sp³-hybridized carbons (Fsp3) is 0.435. The van der Waals surface area contributed by atoms with Gasteiger partial charge in [-0.3, -0.25) is 4.79 Å². The van der Waals surface area contributed by atoms with E-state index in [1.807, 2.05) is 32.0 Å². The molecule has 0 unspecified atom stereocenters. The summed E-state index contributed by atoms with van der Waals surface area (Å²) in [7, 11) is -1.99. The van der Waals surface area contributed by atoms with Gasteiger partial charge in [-0.15, -0.1) is 0 Å². The van der Waals surface area contributed by atoms with E-state index in [4.69, 9.17) is 9.47 Å². The molecular weight excluding hydrogens is 416 g/mol. The Labute approximate surface area is 183 Å². The van der Waals surface area contributed by atoms with Gasteiger partial charge in [-0.05, 0) is 57.0 Å². The van der Waals surface area contributed by atoms with Crippen LogP contribution in [0.1, 0.15) is 55.1 Å². The normalized spacial score (nSPS) is 20.5. The van der Waals surface area contributed by atoms with E-state index >= 15 is 0 Å². The quantitative estimate of drug-likeness (QED) is 0.763. The summed E-state index contributed by atoms with van der Waals surface area (Å²) in [5, 5.41) is 3.06. The first kappa shape index (κ1) is 21.6. The van der Waals surface area contributed by atoms with Crippen molar-refractivity contribution in [1.82, 2.24) is 9.62 Å². The molecule has 2 heterocycles. The number of carbonyl (C=O) groups is 1. The molecule has 0 bridgehead atoms. The Balaban J connectivity index is 1.59. The zero-order chi connectivity index (χ0) is 22.2. The predicted molar refractivity (Wildman–Crippen MR) is 117 cm³/mol. The standard InChI is InChI=1S/C23H28N2O5S/c1-23(2)15-20(19-10-9-17(29-3)14-21(19)30-23)24-22(26)16-7-6-8-18(13-16)31(27,28)25-11-4-5-12-25/h6-10,13-14,20H,4-5,11-12,15H2,1-3H3,(H,24,26)/t20-/m1/s1. The summed E-state index contributed by atoms with van der Waals surface area (Å²) < 4.78 is 38.6. The molecule has 2 aliphatic heterocycles. The molecule has 1 N–H and O–H groups in total. The van der Waals surface area contributed by atoms with Gasteiger partial charge >= 0.3 is 0 Å². The molecule has 2 aliphatic rings. The van der Waals surface area contributed by atoms with Crippen LogP contribution in [0.5, 0.6) is 11.5 Å². The van der Waals surface area contributed by atoms with E-state index in [9.17, 15) is 13.2 Å². The number of nitrogens with one attached hydrogen (secondary N) is 1. The zero-order valence-electron chi connectivity index (χ0n) is 18.1. The Morgan fingerprint density at radius 2 is 1.90 bits per heavy atom. The molecule has 1 saturated heterocycles. The molecule has 31 heavy (non-hydrogen) atoms. The Morgan fingerprint density at radius 3 is 2.61 bits per heavy atom. The second-order valence-corrected chi connectivity index (χ2v) is 10.6. The van der Waals surface area contributed by atoms with Crippen LogP contribution in [0.25, 0.3) is 0 Å². The maximum Gasteiger partial charge on any atom is 0.251 e. The molecule has 0 radical (unpaired) electrons. The number of ether oxygens (including phenoxy) is 2. The maximum atomic E-state index is 13.1. The highest BCUT2D eigenvalue weighted by molar-refractivity contribution is 7.89. The molecule has 4 rings (SSSR count). The first-order valence-corrected chi connectivity index (χ1v) is 11.9. The summed E-state index contributed by atoms with van der Waals surface area (Å²) in [6.45, 7) is 4.99. The van der Waals surface area contributed by atoms with Crippen molar-refractivity contribution in [1.29, 1.82) is 0 Å². The Bertz CT molecular complexity index is 1090. The van der Waals surface area contributed by atoms with Gasteiger partial charge in [0.2, 0.25) is 10.0 Å². The first-order chi connectivity index (χ1) is 14.7. The number of rotatable bonds is 5. The second-order valence-electron chi connectivity index (χ2n) is 8.63. The van der Waals surface area contributed by atoms with Gasteiger partial charge < -0.3 is 14.8 Å². The van der Waals surface area contributed by atoms with Crippen molar-refractivity contribution in [2.45, 2.75) is 49.6 Å². The molecule has 7 nitrogen and oxygen atoms in total.